The topological polar surface area (TPSA) is 36.7 Å². The predicted octanol–water partition coefficient (Wildman–Crippen LogP) is 2.94. The first-order valence-corrected chi connectivity index (χ1v) is 5.70. The van der Waals surface area contributed by atoms with E-state index >= 15 is 0 Å². The molecule has 0 bridgehead atoms. The molecule has 2 aromatic rings. The van der Waals surface area contributed by atoms with Gasteiger partial charge in [0.25, 0.3) is 0 Å². The summed E-state index contributed by atoms with van der Waals surface area (Å²) in [4.78, 5) is 4.32. The fourth-order valence-corrected chi connectivity index (χ4v) is 2.20. The molecule has 0 atom stereocenters. The maximum Gasteiger partial charge on any atom is 0.123 e. The molecular formula is C12H9FN2S. The van der Waals surface area contributed by atoms with Crippen molar-refractivity contribution in [1.82, 2.24) is 4.98 Å². The van der Waals surface area contributed by atoms with Crippen LogP contribution in [0.5, 0.6) is 0 Å². The lowest BCUT2D eigenvalue weighted by Gasteiger charge is -1.97. The smallest absolute Gasteiger partial charge is 0.123 e. The van der Waals surface area contributed by atoms with Crippen molar-refractivity contribution in [2.45, 2.75) is 12.8 Å². The van der Waals surface area contributed by atoms with Crippen LogP contribution < -0.4 is 0 Å². The Bertz CT molecular complexity index is 511. The van der Waals surface area contributed by atoms with Gasteiger partial charge < -0.3 is 0 Å². The van der Waals surface area contributed by atoms with Crippen molar-refractivity contribution in [3.8, 4) is 6.07 Å². The Morgan fingerprint density at radius 2 is 2.06 bits per heavy atom. The molecule has 0 N–H and O–H groups in total. The molecule has 80 valence electrons. The molecule has 2 nitrogen and oxygen atoms in total. The fourth-order valence-electron chi connectivity index (χ4n) is 1.37. The van der Waals surface area contributed by atoms with Gasteiger partial charge in [0, 0.05) is 11.8 Å². The van der Waals surface area contributed by atoms with Crippen LogP contribution in [-0.2, 0) is 12.8 Å². The van der Waals surface area contributed by atoms with Gasteiger partial charge in [0.1, 0.15) is 5.82 Å². The molecule has 1 aromatic heterocycles. The van der Waals surface area contributed by atoms with E-state index in [1.807, 2.05) is 5.38 Å². The van der Waals surface area contributed by atoms with E-state index in [0.717, 1.165) is 16.3 Å². The van der Waals surface area contributed by atoms with Gasteiger partial charge in [-0.25, -0.2) is 9.37 Å². The highest BCUT2D eigenvalue weighted by atomic mass is 32.1. The summed E-state index contributed by atoms with van der Waals surface area (Å²) in [5, 5.41) is 11.4. The van der Waals surface area contributed by atoms with E-state index in [-0.39, 0.29) is 5.82 Å². The van der Waals surface area contributed by atoms with E-state index in [2.05, 4.69) is 11.1 Å². The van der Waals surface area contributed by atoms with Gasteiger partial charge in [-0.1, -0.05) is 12.1 Å². The number of benzene rings is 1. The van der Waals surface area contributed by atoms with Crippen LogP contribution in [0, 0.1) is 17.1 Å². The number of nitrogens with zero attached hydrogens (tertiary/aromatic N) is 2. The van der Waals surface area contributed by atoms with Crippen LogP contribution >= 0.6 is 11.3 Å². The third kappa shape index (κ3) is 2.65. The number of hydrogen-bond donors (Lipinski definition) is 0. The van der Waals surface area contributed by atoms with Gasteiger partial charge in [0.15, 0.2) is 0 Å². The van der Waals surface area contributed by atoms with Crippen LogP contribution in [0.15, 0.2) is 29.6 Å². The molecule has 0 fully saturated rings. The number of nitriles is 1. The molecule has 4 heteroatoms. The minimum absolute atomic E-state index is 0.229. The van der Waals surface area contributed by atoms with Gasteiger partial charge >= 0.3 is 0 Å². The lowest BCUT2D eigenvalue weighted by molar-refractivity contribution is 0.627. The molecule has 0 aliphatic rings. The average Bonchev–Trinajstić information content (AvgIpc) is 2.70. The normalized spacial score (nSPS) is 10.0. The van der Waals surface area contributed by atoms with E-state index in [4.69, 9.17) is 5.26 Å². The summed E-state index contributed by atoms with van der Waals surface area (Å²) in [5.74, 6) is -0.229. The number of rotatable bonds is 3. The summed E-state index contributed by atoms with van der Waals surface area (Å²) in [5.41, 5.74) is 1.84. The summed E-state index contributed by atoms with van der Waals surface area (Å²) in [7, 11) is 0. The van der Waals surface area contributed by atoms with E-state index in [1.54, 1.807) is 12.1 Å². The molecule has 0 radical (unpaired) electrons. The molecule has 0 saturated carbocycles. The van der Waals surface area contributed by atoms with Gasteiger partial charge in [0.05, 0.1) is 23.2 Å². The Kier molecular flexibility index (Phi) is 3.28. The van der Waals surface area contributed by atoms with Crippen molar-refractivity contribution in [1.29, 1.82) is 5.26 Å². The van der Waals surface area contributed by atoms with E-state index in [0.29, 0.717) is 12.8 Å². The molecule has 0 saturated heterocycles. The molecule has 0 unspecified atom stereocenters. The molecule has 0 amide bonds. The first kappa shape index (κ1) is 10.8. The Morgan fingerprint density at radius 3 is 2.75 bits per heavy atom. The number of thiazole rings is 1. The van der Waals surface area contributed by atoms with Crippen molar-refractivity contribution in [2.24, 2.45) is 0 Å². The van der Waals surface area contributed by atoms with E-state index in [1.165, 1.54) is 23.5 Å². The molecule has 1 heterocycles. The second-order valence-corrected chi connectivity index (χ2v) is 4.31. The van der Waals surface area contributed by atoms with E-state index < -0.39 is 0 Å². The first-order valence-electron chi connectivity index (χ1n) is 4.82. The van der Waals surface area contributed by atoms with E-state index in [9.17, 15) is 4.39 Å². The molecule has 0 aliphatic carbocycles. The molecule has 16 heavy (non-hydrogen) atoms. The highest BCUT2D eigenvalue weighted by Gasteiger charge is 2.03. The average molecular weight is 232 g/mol. The Morgan fingerprint density at radius 1 is 1.31 bits per heavy atom. The van der Waals surface area contributed by atoms with Crippen LogP contribution in [0.2, 0.25) is 0 Å². The highest BCUT2D eigenvalue weighted by molar-refractivity contribution is 7.09. The standard InChI is InChI=1S/C12H9FN2S/c13-10-3-1-9(2-4-10)7-12-15-11(5-6-14)8-16-12/h1-4,8H,5,7H2. The predicted molar refractivity (Wildman–Crippen MR) is 60.6 cm³/mol. The Balaban J connectivity index is 2.09. The summed E-state index contributed by atoms with van der Waals surface area (Å²) in [6, 6.07) is 8.45. The Labute approximate surface area is 97.0 Å². The second-order valence-electron chi connectivity index (χ2n) is 3.37. The summed E-state index contributed by atoms with van der Waals surface area (Å²) in [6.07, 6.45) is 1.04. The van der Waals surface area contributed by atoms with Crippen molar-refractivity contribution < 1.29 is 4.39 Å². The van der Waals surface area contributed by atoms with Gasteiger partial charge in [-0.3, -0.25) is 0 Å². The lowest BCUT2D eigenvalue weighted by atomic mass is 10.1. The van der Waals surface area contributed by atoms with Crippen LogP contribution in [0.1, 0.15) is 16.3 Å². The zero-order valence-corrected chi connectivity index (χ0v) is 9.30. The maximum absolute atomic E-state index is 12.7. The minimum Gasteiger partial charge on any atom is -0.245 e. The second kappa shape index (κ2) is 4.86. The van der Waals surface area contributed by atoms with Crippen molar-refractivity contribution >= 4 is 11.3 Å². The fraction of sp³-hybridized carbons (Fsp3) is 0.167. The lowest BCUT2D eigenvalue weighted by Crippen LogP contribution is -1.89. The summed E-state index contributed by atoms with van der Waals surface area (Å²) >= 11 is 1.53. The largest absolute Gasteiger partial charge is 0.245 e. The van der Waals surface area contributed by atoms with Gasteiger partial charge in [-0.05, 0) is 17.7 Å². The first-order chi connectivity index (χ1) is 7.78. The number of hydrogen-bond acceptors (Lipinski definition) is 3. The maximum atomic E-state index is 12.7. The van der Waals surface area contributed by atoms with Crippen LogP contribution in [0.4, 0.5) is 4.39 Å². The molecule has 0 spiro atoms. The Hall–Kier alpha value is -1.73. The van der Waals surface area contributed by atoms with Gasteiger partial charge in [0.2, 0.25) is 0 Å². The quantitative estimate of drug-likeness (QED) is 0.815. The number of halogens is 1. The zero-order chi connectivity index (χ0) is 11.4. The van der Waals surface area contributed by atoms with Crippen molar-refractivity contribution in [3.63, 3.8) is 0 Å². The third-order valence-corrected chi connectivity index (χ3v) is 3.03. The number of aromatic nitrogens is 1. The van der Waals surface area contributed by atoms with Crippen molar-refractivity contribution in [2.75, 3.05) is 0 Å². The van der Waals surface area contributed by atoms with Crippen molar-refractivity contribution in [3.05, 3.63) is 51.7 Å². The van der Waals surface area contributed by atoms with Crippen LogP contribution in [-0.4, -0.2) is 4.98 Å². The monoisotopic (exact) mass is 232 g/mol. The molecule has 2 rings (SSSR count). The van der Waals surface area contributed by atoms with Crippen LogP contribution in [0.25, 0.3) is 0 Å². The summed E-state index contributed by atoms with van der Waals surface area (Å²) < 4.78 is 12.7. The highest BCUT2D eigenvalue weighted by Crippen LogP contribution is 2.15. The van der Waals surface area contributed by atoms with Crippen LogP contribution in [0.3, 0.4) is 0 Å². The minimum atomic E-state index is -0.229. The SMILES string of the molecule is N#CCc1csc(Cc2ccc(F)cc2)n1. The zero-order valence-electron chi connectivity index (χ0n) is 8.48. The van der Waals surface area contributed by atoms with Gasteiger partial charge in [-0.2, -0.15) is 5.26 Å². The molecular weight excluding hydrogens is 223 g/mol. The molecule has 0 aliphatic heterocycles. The molecule has 1 aromatic carbocycles. The van der Waals surface area contributed by atoms with Gasteiger partial charge in [-0.15, -0.1) is 11.3 Å². The third-order valence-electron chi connectivity index (χ3n) is 2.13. The summed E-state index contributed by atoms with van der Waals surface area (Å²) in [6.45, 7) is 0.